The fourth-order valence-corrected chi connectivity index (χ4v) is 3.90. The SMILES string of the molecule is O=C(Nc1ccc(F)c([N+](=O)[O-])c1)C1CCN(C(=O)c2cccc3ccccc23)CC1. The highest BCUT2D eigenvalue weighted by molar-refractivity contribution is 6.07. The molecule has 0 aromatic heterocycles. The number of hydrogen-bond acceptors (Lipinski definition) is 4. The van der Waals surface area contributed by atoms with Crippen molar-refractivity contribution in [1.82, 2.24) is 4.90 Å². The first-order valence-electron chi connectivity index (χ1n) is 9.96. The van der Waals surface area contributed by atoms with Gasteiger partial charge in [-0.25, -0.2) is 0 Å². The van der Waals surface area contributed by atoms with Crippen LogP contribution >= 0.6 is 0 Å². The quantitative estimate of drug-likeness (QED) is 0.500. The van der Waals surface area contributed by atoms with Gasteiger partial charge in [-0.05, 0) is 41.8 Å². The zero-order valence-corrected chi connectivity index (χ0v) is 16.6. The molecule has 1 heterocycles. The van der Waals surface area contributed by atoms with E-state index >= 15 is 0 Å². The lowest BCUT2D eigenvalue weighted by atomic mass is 9.94. The Labute approximate surface area is 177 Å². The van der Waals surface area contributed by atoms with Crippen molar-refractivity contribution >= 4 is 34.0 Å². The van der Waals surface area contributed by atoms with Crippen LogP contribution in [0.2, 0.25) is 0 Å². The largest absolute Gasteiger partial charge is 0.339 e. The molecule has 0 aliphatic carbocycles. The van der Waals surface area contributed by atoms with E-state index < -0.39 is 16.4 Å². The first-order chi connectivity index (χ1) is 14.9. The van der Waals surface area contributed by atoms with Gasteiger partial charge in [0.2, 0.25) is 11.7 Å². The van der Waals surface area contributed by atoms with Crippen molar-refractivity contribution in [2.24, 2.45) is 5.92 Å². The van der Waals surface area contributed by atoms with Crippen LogP contribution in [0, 0.1) is 21.8 Å². The Bertz CT molecular complexity index is 1170. The molecule has 1 aliphatic rings. The number of halogens is 1. The minimum Gasteiger partial charge on any atom is -0.339 e. The molecule has 0 saturated carbocycles. The maximum absolute atomic E-state index is 13.5. The van der Waals surface area contributed by atoms with E-state index in [4.69, 9.17) is 0 Å². The summed E-state index contributed by atoms with van der Waals surface area (Å²) < 4.78 is 13.5. The summed E-state index contributed by atoms with van der Waals surface area (Å²) in [6.07, 6.45) is 0.956. The normalized spacial score (nSPS) is 14.4. The Morgan fingerprint density at radius 2 is 1.74 bits per heavy atom. The molecule has 1 aliphatic heterocycles. The Morgan fingerprint density at radius 3 is 2.48 bits per heavy atom. The Kier molecular flexibility index (Phi) is 5.62. The predicted octanol–water partition coefficient (Wildman–Crippen LogP) is 4.38. The number of nitrogens with zero attached hydrogens (tertiary/aromatic N) is 2. The number of nitro groups is 1. The summed E-state index contributed by atoms with van der Waals surface area (Å²) in [6.45, 7) is 0.868. The summed E-state index contributed by atoms with van der Waals surface area (Å²) in [7, 11) is 0. The molecular weight excluding hydrogens is 401 g/mol. The standard InChI is InChI=1S/C23H20FN3O4/c24-20-9-8-17(14-21(20)27(30)31)25-22(28)16-10-12-26(13-11-16)23(29)19-7-3-5-15-4-1-2-6-18(15)19/h1-9,14,16H,10-13H2,(H,25,28). The van der Waals surface area contributed by atoms with Crippen LogP contribution in [0.25, 0.3) is 10.8 Å². The smallest absolute Gasteiger partial charge is 0.306 e. The van der Waals surface area contributed by atoms with Gasteiger partial charge in [-0.2, -0.15) is 4.39 Å². The summed E-state index contributed by atoms with van der Waals surface area (Å²) in [5.74, 6) is -1.65. The summed E-state index contributed by atoms with van der Waals surface area (Å²) >= 11 is 0. The van der Waals surface area contributed by atoms with Gasteiger partial charge in [0.25, 0.3) is 5.91 Å². The third-order valence-corrected chi connectivity index (χ3v) is 5.58. The summed E-state index contributed by atoms with van der Waals surface area (Å²) in [5.41, 5.74) is 0.125. The molecule has 8 heteroatoms. The van der Waals surface area contributed by atoms with Gasteiger partial charge in [0, 0.05) is 36.3 Å². The van der Waals surface area contributed by atoms with Crippen LogP contribution in [0.15, 0.2) is 60.7 Å². The molecule has 3 aromatic rings. The molecule has 158 valence electrons. The van der Waals surface area contributed by atoms with Crippen molar-refractivity contribution in [3.05, 3.63) is 82.2 Å². The molecule has 4 rings (SSSR count). The second-order valence-electron chi connectivity index (χ2n) is 7.51. The molecule has 0 radical (unpaired) electrons. The van der Waals surface area contributed by atoms with Crippen LogP contribution in [0.4, 0.5) is 15.8 Å². The maximum atomic E-state index is 13.5. The lowest BCUT2D eigenvalue weighted by Crippen LogP contribution is -2.41. The average molecular weight is 421 g/mol. The first kappa shape index (κ1) is 20.5. The van der Waals surface area contributed by atoms with E-state index in [2.05, 4.69) is 5.32 Å². The van der Waals surface area contributed by atoms with Gasteiger partial charge in [0.1, 0.15) is 0 Å². The number of piperidine rings is 1. The number of likely N-dealkylation sites (tertiary alicyclic amines) is 1. The van der Waals surface area contributed by atoms with Crippen LogP contribution in [0.5, 0.6) is 0 Å². The molecule has 2 amide bonds. The monoisotopic (exact) mass is 421 g/mol. The molecule has 1 N–H and O–H groups in total. The Hall–Kier alpha value is -3.81. The summed E-state index contributed by atoms with van der Waals surface area (Å²) in [5, 5.41) is 15.4. The molecule has 0 bridgehead atoms. The van der Waals surface area contributed by atoms with Crippen LogP contribution in [0.3, 0.4) is 0 Å². The number of hydrogen-bond donors (Lipinski definition) is 1. The highest BCUT2D eigenvalue weighted by atomic mass is 19.1. The van der Waals surface area contributed by atoms with Gasteiger partial charge in [-0.3, -0.25) is 19.7 Å². The van der Waals surface area contributed by atoms with Crippen LogP contribution in [-0.4, -0.2) is 34.7 Å². The van der Waals surface area contributed by atoms with Crippen molar-refractivity contribution < 1.29 is 18.9 Å². The molecule has 1 fully saturated rings. The van der Waals surface area contributed by atoms with Gasteiger partial charge >= 0.3 is 5.69 Å². The van der Waals surface area contributed by atoms with E-state index in [-0.39, 0.29) is 23.4 Å². The predicted molar refractivity (Wildman–Crippen MR) is 114 cm³/mol. The molecule has 3 aromatic carbocycles. The second kappa shape index (κ2) is 8.51. The third kappa shape index (κ3) is 4.23. The zero-order valence-electron chi connectivity index (χ0n) is 16.6. The Balaban J connectivity index is 1.40. The van der Waals surface area contributed by atoms with E-state index in [9.17, 15) is 24.1 Å². The number of carbonyl (C=O) groups excluding carboxylic acids is 2. The van der Waals surface area contributed by atoms with Crippen molar-refractivity contribution in [2.75, 3.05) is 18.4 Å². The van der Waals surface area contributed by atoms with Crippen LogP contribution in [-0.2, 0) is 4.79 Å². The number of fused-ring (bicyclic) bond motifs is 1. The number of nitrogens with one attached hydrogen (secondary N) is 1. The topological polar surface area (TPSA) is 92.5 Å². The van der Waals surface area contributed by atoms with Crippen molar-refractivity contribution in [3.8, 4) is 0 Å². The van der Waals surface area contributed by atoms with Gasteiger partial charge in [0.15, 0.2) is 0 Å². The average Bonchev–Trinajstić information content (AvgIpc) is 2.79. The minimum atomic E-state index is -0.955. The van der Waals surface area contributed by atoms with E-state index in [1.54, 1.807) is 4.90 Å². The van der Waals surface area contributed by atoms with Crippen molar-refractivity contribution in [2.45, 2.75) is 12.8 Å². The molecule has 1 saturated heterocycles. The number of nitro benzene ring substituents is 1. The summed E-state index contributed by atoms with van der Waals surface area (Å²) in [4.78, 5) is 37.4. The molecule has 0 atom stereocenters. The number of benzene rings is 3. The highest BCUT2D eigenvalue weighted by Gasteiger charge is 2.29. The molecule has 0 unspecified atom stereocenters. The molecular formula is C23H20FN3O4. The second-order valence-corrected chi connectivity index (χ2v) is 7.51. The lowest BCUT2D eigenvalue weighted by molar-refractivity contribution is -0.387. The van der Waals surface area contributed by atoms with E-state index in [1.807, 2.05) is 42.5 Å². The van der Waals surface area contributed by atoms with E-state index in [0.717, 1.165) is 22.9 Å². The van der Waals surface area contributed by atoms with Gasteiger partial charge in [0.05, 0.1) is 4.92 Å². The number of amides is 2. The van der Waals surface area contributed by atoms with E-state index in [1.165, 1.54) is 6.07 Å². The molecule has 0 spiro atoms. The van der Waals surface area contributed by atoms with Crippen LogP contribution in [0.1, 0.15) is 23.2 Å². The molecule has 7 nitrogen and oxygen atoms in total. The minimum absolute atomic E-state index is 0.0650. The lowest BCUT2D eigenvalue weighted by Gasteiger charge is -2.31. The third-order valence-electron chi connectivity index (χ3n) is 5.58. The van der Waals surface area contributed by atoms with Gasteiger partial charge < -0.3 is 10.2 Å². The number of carbonyl (C=O) groups is 2. The number of anilines is 1. The van der Waals surface area contributed by atoms with Crippen molar-refractivity contribution in [1.29, 1.82) is 0 Å². The summed E-state index contributed by atoms with van der Waals surface area (Å²) in [6, 6.07) is 16.6. The first-order valence-corrected chi connectivity index (χ1v) is 9.96. The fraction of sp³-hybridized carbons (Fsp3) is 0.217. The highest BCUT2D eigenvalue weighted by Crippen LogP contribution is 2.26. The number of rotatable bonds is 4. The van der Waals surface area contributed by atoms with Gasteiger partial charge in [-0.1, -0.05) is 36.4 Å². The van der Waals surface area contributed by atoms with Gasteiger partial charge in [-0.15, -0.1) is 0 Å². The Morgan fingerprint density at radius 1 is 1.03 bits per heavy atom. The zero-order chi connectivity index (χ0) is 22.0. The van der Waals surface area contributed by atoms with E-state index in [0.29, 0.717) is 31.5 Å². The fourth-order valence-electron chi connectivity index (χ4n) is 3.90. The van der Waals surface area contributed by atoms with Crippen LogP contribution < -0.4 is 5.32 Å². The maximum Gasteiger partial charge on any atom is 0.306 e. The molecule has 31 heavy (non-hydrogen) atoms. The van der Waals surface area contributed by atoms with Crippen molar-refractivity contribution in [3.63, 3.8) is 0 Å².